The molecule has 1 aromatic heterocycles. The second kappa shape index (κ2) is 6.17. The summed E-state index contributed by atoms with van der Waals surface area (Å²) in [6.45, 7) is 2.06. The zero-order valence-corrected chi connectivity index (χ0v) is 14.3. The summed E-state index contributed by atoms with van der Waals surface area (Å²) in [4.78, 5) is 0.0981. The van der Waals surface area contributed by atoms with Gasteiger partial charge >= 0.3 is 0 Å². The summed E-state index contributed by atoms with van der Waals surface area (Å²) in [5, 5.41) is 4.09. The largest absolute Gasteiger partial charge is 0.495 e. The lowest BCUT2D eigenvalue weighted by molar-refractivity contribution is 0.402. The Bertz CT molecular complexity index is 756. The van der Waals surface area contributed by atoms with Gasteiger partial charge in [-0.15, -0.1) is 0 Å². The van der Waals surface area contributed by atoms with Crippen molar-refractivity contribution in [1.29, 1.82) is 0 Å². The number of nitrogens with one attached hydrogen (secondary N) is 1. The lowest BCUT2D eigenvalue weighted by atomic mass is 10.3. The van der Waals surface area contributed by atoms with E-state index in [2.05, 4.69) is 25.8 Å². The van der Waals surface area contributed by atoms with E-state index in [4.69, 9.17) is 4.74 Å². The van der Waals surface area contributed by atoms with Crippen molar-refractivity contribution in [2.45, 2.75) is 18.4 Å². The fourth-order valence-corrected chi connectivity index (χ4v) is 3.54. The number of aryl methyl sites for hydroxylation is 1. The minimum Gasteiger partial charge on any atom is -0.495 e. The van der Waals surface area contributed by atoms with Crippen LogP contribution in [0, 0.1) is 6.92 Å². The van der Waals surface area contributed by atoms with Gasteiger partial charge in [-0.1, -0.05) is 15.9 Å². The summed E-state index contributed by atoms with van der Waals surface area (Å²) in [6.07, 6.45) is 1.65. The fraction of sp³-hybridized carbons (Fsp3) is 0.308. The summed E-state index contributed by atoms with van der Waals surface area (Å²) in [6, 6.07) is 4.84. The minimum atomic E-state index is -3.67. The van der Waals surface area contributed by atoms with E-state index in [0.717, 1.165) is 11.3 Å². The maximum Gasteiger partial charge on any atom is 0.244 e. The molecule has 21 heavy (non-hydrogen) atoms. The first kappa shape index (κ1) is 16.0. The van der Waals surface area contributed by atoms with Crippen LogP contribution in [0.5, 0.6) is 5.75 Å². The second-order valence-corrected chi connectivity index (χ2v) is 7.15. The molecule has 8 heteroatoms. The van der Waals surface area contributed by atoms with Crippen molar-refractivity contribution in [2.24, 2.45) is 7.05 Å². The first-order valence-corrected chi connectivity index (χ1v) is 8.43. The Labute approximate surface area is 132 Å². The molecule has 0 bridgehead atoms. The van der Waals surface area contributed by atoms with Gasteiger partial charge in [-0.05, 0) is 25.1 Å². The molecular formula is C13H16BrN3O3S. The lowest BCUT2D eigenvalue weighted by Crippen LogP contribution is -2.24. The van der Waals surface area contributed by atoms with E-state index in [9.17, 15) is 8.42 Å². The van der Waals surface area contributed by atoms with Gasteiger partial charge in [0.25, 0.3) is 0 Å². The Morgan fingerprint density at radius 3 is 2.71 bits per heavy atom. The maximum absolute atomic E-state index is 12.4. The molecule has 0 spiro atoms. The van der Waals surface area contributed by atoms with Crippen LogP contribution in [0.3, 0.4) is 0 Å². The maximum atomic E-state index is 12.4. The summed E-state index contributed by atoms with van der Waals surface area (Å²) < 4.78 is 34.9. The van der Waals surface area contributed by atoms with Gasteiger partial charge < -0.3 is 4.74 Å². The first-order chi connectivity index (χ1) is 9.85. The SMILES string of the molecule is COc1ccc(Br)cc1S(=O)(=O)NCc1cnn(C)c1C. The van der Waals surface area contributed by atoms with Crippen LogP contribution in [0.25, 0.3) is 0 Å². The Balaban J connectivity index is 2.27. The van der Waals surface area contributed by atoms with Crippen LogP contribution >= 0.6 is 15.9 Å². The molecule has 0 aliphatic rings. The number of benzene rings is 1. The molecule has 0 saturated heterocycles. The third-order valence-corrected chi connectivity index (χ3v) is 5.12. The number of hydrogen-bond acceptors (Lipinski definition) is 4. The number of hydrogen-bond donors (Lipinski definition) is 1. The van der Waals surface area contributed by atoms with E-state index in [-0.39, 0.29) is 11.4 Å². The highest BCUT2D eigenvalue weighted by atomic mass is 79.9. The molecule has 0 amide bonds. The number of halogens is 1. The molecule has 1 aromatic carbocycles. The van der Waals surface area contributed by atoms with Crippen LogP contribution in [0.4, 0.5) is 0 Å². The van der Waals surface area contributed by atoms with Crippen molar-refractivity contribution in [3.63, 3.8) is 0 Å². The van der Waals surface area contributed by atoms with Crippen LogP contribution < -0.4 is 9.46 Å². The average molecular weight is 374 g/mol. The Kier molecular flexibility index (Phi) is 4.70. The predicted octanol–water partition coefficient (Wildman–Crippen LogP) is 1.98. The lowest BCUT2D eigenvalue weighted by Gasteiger charge is -2.11. The van der Waals surface area contributed by atoms with Crippen LogP contribution in [-0.2, 0) is 23.6 Å². The number of sulfonamides is 1. The molecule has 1 heterocycles. The van der Waals surface area contributed by atoms with Gasteiger partial charge in [-0.3, -0.25) is 4.68 Å². The highest BCUT2D eigenvalue weighted by molar-refractivity contribution is 9.10. The summed E-state index contributed by atoms with van der Waals surface area (Å²) in [5.74, 6) is 0.300. The van der Waals surface area contributed by atoms with Crippen LogP contribution in [0.15, 0.2) is 33.8 Å². The number of methoxy groups -OCH3 is 1. The zero-order chi connectivity index (χ0) is 15.6. The molecule has 0 fully saturated rings. The van der Waals surface area contributed by atoms with E-state index in [1.807, 2.05) is 14.0 Å². The van der Waals surface area contributed by atoms with Crippen molar-refractivity contribution in [3.8, 4) is 5.75 Å². The average Bonchev–Trinajstić information content (AvgIpc) is 2.77. The van der Waals surface area contributed by atoms with Crippen molar-refractivity contribution in [2.75, 3.05) is 7.11 Å². The quantitative estimate of drug-likeness (QED) is 0.869. The topological polar surface area (TPSA) is 73.2 Å². The van der Waals surface area contributed by atoms with E-state index >= 15 is 0 Å². The summed E-state index contributed by atoms with van der Waals surface area (Å²) in [5.41, 5.74) is 1.74. The van der Waals surface area contributed by atoms with Gasteiger partial charge in [0.15, 0.2) is 0 Å². The molecular weight excluding hydrogens is 358 g/mol. The van der Waals surface area contributed by atoms with Gasteiger partial charge in [-0.25, -0.2) is 13.1 Å². The van der Waals surface area contributed by atoms with E-state index in [1.165, 1.54) is 13.2 Å². The van der Waals surface area contributed by atoms with Gasteiger partial charge in [0.05, 0.1) is 13.3 Å². The van der Waals surface area contributed by atoms with Crippen LogP contribution in [0.1, 0.15) is 11.3 Å². The predicted molar refractivity (Wildman–Crippen MR) is 82.7 cm³/mol. The van der Waals surface area contributed by atoms with Crippen molar-refractivity contribution in [3.05, 3.63) is 40.1 Å². The van der Waals surface area contributed by atoms with Gasteiger partial charge in [0, 0.05) is 29.3 Å². The Hall–Kier alpha value is -1.38. The number of aromatic nitrogens is 2. The Morgan fingerprint density at radius 1 is 1.43 bits per heavy atom. The van der Waals surface area contributed by atoms with Crippen LogP contribution in [0.2, 0.25) is 0 Å². The van der Waals surface area contributed by atoms with Gasteiger partial charge in [0.2, 0.25) is 10.0 Å². The molecule has 2 aromatic rings. The van der Waals surface area contributed by atoms with Crippen molar-refractivity contribution < 1.29 is 13.2 Å². The number of nitrogens with zero attached hydrogens (tertiary/aromatic N) is 2. The van der Waals surface area contributed by atoms with Gasteiger partial charge in [-0.2, -0.15) is 5.10 Å². The number of ether oxygens (including phenoxy) is 1. The third kappa shape index (κ3) is 3.45. The Morgan fingerprint density at radius 2 is 2.14 bits per heavy atom. The molecule has 0 radical (unpaired) electrons. The van der Waals surface area contributed by atoms with E-state index < -0.39 is 10.0 Å². The zero-order valence-electron chi connectivity index (χ0n) is 11.9. The number of rotatable bonds is 5. The third-order valence-electron chi connectivity index (χ3n) is 3.20. The van der Waals surface area contributed by atoms with Gasteiger partial charge in [0.1, 0.15) is 10.6 Å². The molecule has 1 N–H and O–H groups in total. The summed E-state index contributed by atoms with van der Waals surface area (Å²) >= 11 is 3.27. The molecule has 2 rings (SSSR count). The highest BCUT2D eigenvalue weighted by Crippen LogP contribution is 2.27. The molecule has 0 saturated carbocycles. The standard InChI is InChI=1S/C13H16BrN3O3S/c1-9-10(7-15-17(9)2)8-16-21(18,19)13-6-11(14)4-5-12(13)20-3/h4-7,16H,8H2,1-3H3. The molecule has 0 aliphatic carbocycles. The monoisotopic (exact) mass is 373 g/mol. The van der Waals surface area contributed by atoms with Crippen LogP contribution in [-0.4, -0.2) is 25.3 Å². The normalized spacial score (nSPS) is 11.6. The fourth-order valence-electron chi connectivity index (χ4n) is 1.83. The molecule has 0 unspecified atom stereocenters. The summed E-state index contributed by atoms with van der Waals surface area (Å²) in [7, 11) is -0.425. The van der Waals surface area contributed by atoms with E-state index in [1.54, 1.807) is 23.0 Å². The molecule has 0 atom stereocenters. The van der Waals surface area contributed by atoms with E-state index in [0.29, 0.717) is 10.2 Å². The first-order valence-electron chi connectivity index (χ1n) is 6.16. The minimum absolute atomic E-state index is 0.0981. The smallest absolute Gasteiger partial charge is 0.244 e. The highest BCUT2D eigenvalue weighted by Gasteiger charge is 2.20. The molecule has 0 aliphatic heterocycles. The van der Waals surface area contributed by atoms with Crippen molar-refractivity contribution in [1.82, 2.24) is 14.5 Å². The van der Waals surface area contributed by atoms with Crippen molar-refractivity contribution >= 4 is 26.0 Å². The molecule has 6 nitrogen and oxygen atoms in total. The second-order valence-electron chi connectivity index (χ2n) is 4.50. The molecule has 114 valence electrons.